The van der Waals surface area contributed by atoms with Gasteiger partial charge in [-0.1, -0.05) is 0 Å². The molecule has 0 unspecified atom stereocenters. The zero-order valence-corrected chi connectivity index (χ0v) is 13.6. The van der Waals surface area contributed by atoms with Crippen LogP contribution in [0.1, 0.15) is 12.0 Å². The molecule has 110 valence electrons. The van der Waals surface area contributed by atoms with Crippen molar-refractivity contribution >= 4 is 50.0 Å². The number of hydrogen-bond acceptors (Lipinski definition) is 5. The van der Waals surface area contributed by atoms with Crippen LogP contribution in [0.5, 0.6) is 5.75 Å². The van der Waals surface area contributed by atoms with E-state index in [2.05, 4.69) is 42.4 Å². The Kier molecular flexibility index (Phi) is 6.84. The van der Waals surface area contributed by atoms with Crippen LogP contribution in [0.25, 0.3) is 0 Å². The number of benzene rings is 1. The normalized spacial score (nSPS) is 10.1. The van der Waals surface area contributed by atoms with Crippen LogP contribution in [0.3, 0.4) is 0 Å². The first-order valence-corrected chi connectivity index (χ1v) is 7.05. The van der Waals surface area contributed by atoms with Gasteiger partial charge in [-0.3, -0.25) is 4.79 Å². The Labute approximate surface area is 136 Å². The van der Waals surface area contributed by atoms with Crippen molar-refractivity contribution in [3.8, 4) is 11.8 Å². The maximum atomic E-state index is 11.0. The maximum Gasteiger partial charge on any atom is 0.341 e. The van der Waals surface area contributed by atoms with E-state index in [1.165, 1.54) is 6.21 Å². The highest BCUT2D eigenvalue weighted by atomic mass is 79.9. The molecule has 21 heavy (non-hydrogen) atoms. The first-order chi connectivity index (χ1) is 9.93. The van der Waals surface area contributed by atoms with E-state index in [-0.39, 0.29) is 6.42 Å². The molecule has 0 bridgehead atoms. The van der Waals surface area contributed by atoms with E-state index in [9.17, 15) is 9.59 Å². The monoisotopic (exact) mass is 417 g/mol. The molecule has 0 atom stereocenters. The molecule has 1 rings (SSSR count). The highest BCUT2D eigenvalue weighted by Crippen LogP contribution is 2.34. The Morgan fingerprint density at radius 2 is 2.05 bits per heavy atom. The maximum absolute atomic E-state index is 11.0. The van der Waals surface area contributed by atoms with Crippen LogP contribution in [0.15, 0.2) is 26.2 Å². The van der Waals surface area contributed by atoms with Crippen molar-refractivity contribution in [3.63, 3.8) is 0 Å². The summed E-state index contributed by atoms with van der Waals surface area (Å²) in [5, 5.41) is 20.6. The van der Waals surface area contributed by atoms with Crippen molar-refractivity contribution in [2.45, 2.75) is 6.42 Å². The molecule has 0 aliphatic carbocycles. The number of hydrazone groups is 1. The van der Waals surface area contributed by atoms with Gasteiger partial charge in [0.25, 0.3) is 5.91 Å². The largest absolute Gasteiger partial charge is 0.480 e. The van der Waals surface area contributed by atoms with E-state index in [4.69, 9.17) is 15.1 Å². The quantitative estimate of drug-likeness (QED) is 0.542. The molecule has 0 aliphatic rings. The summed E-state index contributed by atoms with van der Waals surface area (Å²) >= 11 is 6.51. The van der Waals surface area contributed by atoms with Crippen LogP contribution in [0, 0.1) is 11.3 Å². The van der Waals surface area contributed by atoms with Gasteiger partial charge in [0.2, 0.25) is 0 Å². The Hall–Kier alpha value is -1.92. The molecule has 1 amide bonds. The van der Waals surface area contributed by atoms with Crippen LogP contribution in [-0.2, 0) is 9.59 Å². The number of nitriles is 1. The predicted molar refractivity (Wildman–Crippen MR) is 80.9 cm³/mol. The van der Waals surface area contributed by atoms with Gasteiger partial charge in [-0.25, -0.2) is 10.2 Å². The van der Waals surface area contributed by atoms with Gasteiger partial charge in [0.05, 0.1) is 21.2 Å². The zero-order chi connectivity index (χ0) is 15.8. The molecule has 1 aromatic carbocycles. The second-order valence-corrected chi connectivity index (χ2v) is 5.33. The number of halogens is 2. The number of nitrogens with one attached hydrogen (secondary N) is 1. The first kappa shape index (κ1) is 17.1. The summed E-state index contributed by atoms with van der Waals surface area (Å²) in [5.41, 5.74) is 2.83. The molecule has 1 aromatic rings. The summed E-state index contributed by atoms with van der Waals surface area (Å²) in [6.07, 6.45) is 1.11. The Bertz CT molecular complexity index is 602. The number of carbonyl (C=O) groups excluding carboxylic acids is 1. The average molecular weight is 419 g/mol. The zero-order valence-electron chi connectivity index (χ0n) is 10.5. The third-order valence-corrected chi connectivity index (χ3v) is 3.18. The second-order valence-electron chi connectivity index (χ2n) is 3.62. The number of aliphatic carboxylic acids is 1. The van der Waals surface area contributed by atoms with Crippen LogP contribution in [-0.4, -0.2) is 29.8 Å². The molecule has 0 spiro atoms. The lowest BCUT2D eigenvalue weighted by molar-refractivity contribution is -0.139. The number of ether oxygens (including phenoxy) is 1. The molecule has 7 nitrogen and oxygen atoms in total. The SMILES string of the molecule is N#CCC(=O)N/N=C/c1cc(Br)c(OCC(=O)O)c(Br)c1. The Morgan fingerprint density at radius 1 is 1.43 bits per heavy atom. The van der Waals surface area contributed by atoms with Gasteiger partial charge in [-0.2, -0.15) is 10.4 Å². The predicted octanol–water partition coefficient (Wildman–Crippen LogP) is 2.04. The highest BCUT2D eigenvalue weighted by Gasteiger charge is 2.10. The summed E-state index contributed by atoms with van der Waals surface area (Å²) in [6.45, 7) is -0.463. The summed E-state index contributed by atoms with van der Waals surface area (Å²) < 4.78 is 6.18. The molecule has 0 radical (unpaired) electrons. The van der Waals surface area contributed by atoms with Gasteiger partial charge in [0.1, 0.15) is 12.2 Å². The Balaban J connectivity index is 2.79. The molecule has 2 N–H and O–H groups in total. The molecule has 0 heterocycles. The standard InChI is InChI=1S/C12H9Br2N3O4/c13-8-3-7(5-16-17-10(18)1-2-15)4-9(14)12(8)21-6-11(19)20/h3-5H,1,6H2,(H,17,18)(H,19,20)/b16-5+. The minimum absolute atomic E-state index is 0.271. The van der Waals surface area contributed by atoms with E-state index < -0.39 is 18.5 Å². The first-order valence-electron chi connectivity index (χ1n) is 5.46. The lowest BCUT2D eigenvalue weighted by atomic mass is 10.2. The molecule has 0 saturated carbocycles. The number of rotatable bonds is 6. The highest BCUT2D eigenvalue weighted by molar-refractivity contribution is 9.11. The van der Waals surface area contributed by atoms with E-state index in [1.807, 2.05) is 0 Å². The van der Waals surface area contributed by atoms with Crippen LogP contribution in [0.2, 0.25) is 0 Å². The fourth-order valence-corrected chi connectivity index (χ4v) is 2.67. The number of carboxylic acid groups (broad SMARTS) is 1. The van der Waals surface area contributed by atoms with Gasteiger partial charge in [-0.15, -0.1) is 0 Å². The van der Waals surface area contributed by atoms with Crippen molar-refractivity contribution in [1.29, 1.82) is 5.26 Å². The van der Waals surface area contributed by atoms with Gasteiger partial charge in [0, 0.05) is 0 Å². The summed E-state index contributed by atoms with van der Waals surface area (Å²) in [4.78, 5) is 21.5. The molecular weight excluding hydrogens is 410 g/mol. The van der Waals surface area contributed by atoms with Gasteiger partial charge < -0.3 is 9.84 Å². The van der Waals surface area contributed by atoms with Gasteiger partial charge in [0.15, 0.2) is 6.61 Å². The number of carbonyl (C=O) groups is 2. The second kappa shape index (κ2) is 8.39. The van der Waals surface area contributed by atoms with Crippen molar-refractivity contribution in [2.75, 3.05) is 6.61 Å². The van der Waals surface area contributed by atoms with Crippen molar-refractivity contribution in [1.82, 2.24) is 5.43 Å². The molecular formula is C12H9Br2N3O4. The van der Waals surface area contributed by atoms with E-state index in [0.29, 0.717) is 20.3 Å². The summed E-state index contributed by atoms with van der Waals surface area (Å²) in [6, 6.07) is 4.98. The molecule has 9 heteroatoms. The smallest absolute Gasteiger partial charge is 0.341 e. The molecule has 0 aromatic heterocycles. The summed E-state index contributed by atoms with van der Waals surface area (Å²) in [7, 11) is 0. The van der Waals surface area contributed by atoms with Crippen LogP contribution >= 0.6 is 31.9 Å². The number of nitrogens with zero attached hydrogens (tertiary/aromatic N) is 2. The minimum Gasteiger partial charge on any atom is -0.480 e. The van der Waals surface area contributed by atoms with Gasteiger partial charge >= 0.3 is 5.97 Å². The lowest BCUT2D eigenvalue weighted by Gasteiger charge is -2.09. The fraction of sp³-hybridized carbons (Fsp3) is 0.167. The molecule has 0 aliphatic heterocycles. The van der Waals surface area contributed by atoms with Crippen molar-refractivity contribution in [2.24, 2.45) is 5.10 Å². The number of amides is 1. The lowest BCUT2D eigenvalue weighted by Crippen LogP contribution is -2.16. The van der Waals surface area contributed by atoms with Crippen molar-refractivity contribution in [3.05, 3.63) is 26.6 Å². The van der Waals surface area contributed by atoms with Crippen molar-refractivity contribution < 1.29 is 19.4 Å². The molecule has 0 fully saturated rings. The fourth-order valence-electron chi connectivity index (χ4n) is 1.22. The summed E-state index contributed by atoms with van der Waals surface area (Å²) in [5.74, 6) is -1.24. The molecule has 0 saturated heterocycles. The minimum atomic E-state index is -1.08. The van der Waals surface area contributed by atoms with E-state index in [1.54, 1.807) is 18.2 Å². The van der Waals surface area contributed by atoms with E-state index in [0.717, 1.165) is 0 Å². The van der Waals surface area contributed by atoms with Gasteiger partial charge in [-0.05, 0) is 49.6 Å². The third kappa shape index (κ3) is 5.93. The van der Waals surface area contributed by atoms with E-state index >= 15 is 0 Å². The Morgan fingerprint density at radius 3 is 2.57 bits per heavy atom. The average Bonchev–Trinajstić information content (AvgIpc) is 2.37. The van der Waals surface area contributed by atoms with Crippen LogP contribution < -0.4 is 10.2 Å². The van der Waals surface area contributed by atoms with Crippen LogP contribution in [0.4, 0.5) is 0 Å². The number of hydrogen-bond donors (Lipinski definition) is 2. The number of carboxylic acids is 1. The topological polar surface area (TPSA) is 112 Å². The third-order valence-electron chi connectivity index (χ3n) is 2.00.